The Morgan fingerprint density at radius 1 is 1.58 bits per heavy atom. The van der Waals surface area contributed by atoms with Crippen LogP contribution in [-0.4, -0.2) is 24.4 Å². The number of carbonyl (C=O) groups is 1. The Labute approximate surface area is 120 Å². The zero-order valence-electron chi connectivity index (χ0n) is 10.3. The normalized spacial score (nSPS) is 10.4. The predicted octanol–water partition coefficient (Wildman–Crippen LogP) is 3.12. The van der Waals surface area contributed by atoms with Crippen molar-refractivity contribution in [1.82, 2.24) is 4.90 Å². The molecular weight excluding hydrogens is 282 g/mol. The molecule has 19 heavy (non-hydrogen) atoms. The molecule has 0 fully saturated rings. The average molecular weight is 294 g/mol. The first-order valence-electron chi connectivity index (χ1n) is 5.65. The smallest absolute Gasteiger partial charge is 0.265 e. The van der Waals surface area contributed by atoms with Crippen LogP contribution < -0.4 is 5.73 Å². The van der Waals surface area contributed by atoms with Crippen molar-refractivity contribution in [3.8, 4) is 6.07 Å². The van der Waals surface area contributed by atoms with Crippen molar-refractivity contribution in [2.24, 2.45) is 0 Å². The summed E-state index contributed by atoms with van der Waals surface area (Å²) in [5.41, 5.74) is 6.44. The fourth-order valence-electron chi connectivity index (χ4n) is 1.78. The number of benzene rings is 1. The quantitative estimate of drug-likeness (QED) is 0.945. The SMILES string of the molecule is CN(CCC#N)C(=O)c1sc2cccc(Cl)c2c1N. The van der Waals surface area contributed by atoms with Crippen LogP contribution in [0.5, 0.6) is 0 Å². The Kier molecular flexibility index (Phi) is 3.93. The molecule has 2 aromatic rings. The van der Waals surface area contributed by atoms with E-state index in [1.54, 1.807) is 13.1 Å². The van der Waals surface area contributed by atoms with Crippen LogP contribution >= 0.6 is 22.9 Å². The second-order valence-corrected chi connectivity index (χ2v) is 5.55. The molecule has 1 aromatic carbocycles. The van der Waals surface area contributed by atoms with Crippen LogP contribution in [0, 0.1) is 11.3 Å². The monoisotopic (exact) mass is 293 g/mol. The van der Waals surface area contributed by atoms with Crippen molar-refractivity contribution in [1.29, 1.82) is 5.26 Å². The summed E-state index contributed by atoms with van der Waals surface area (Å²) in [6.07, 6.45) is 0.299. The number of hydrogen-bond donors (Lipinski definition) is 1. The molecular formula is C13H12ClN3OS. The van der Waals surface area contributed by atoms with Crippen LogP contribution in [0.4, 0.5) is 5.69 Å². The van der Waals surface area contributed by atoms with Gasteiger partial charge >= 0.3 is 0 Å². The first-order chi connectivity index (χ1) is 9.06. The number of nitrogens with zero attached hydrogens (tertiary/aromatic N) is 2. The Hall–Kier alpha value is -1.77. The van der Waals surface area contributed by atoms with Crippen LogP contribution in [0.2, 0.25) is 5.02 Å². The van der Waals surface area contributed by atoms with Crippen molar-refractivity contribution in [3.63, 3.8) is 0 Å². The lowest BCUT2D eigenvalue weighted by molar-refractivity contribution is 0.0804. The standard InChI is InChI=1S/C13H12ClN3OS/c1-17(7-3-6-15)13(18)12-11(16)10-8(14)4-2-5-9(10)19-12/h2,4-5H,3,7,16H2,1H3. The number of nitrogen functional groups attached to an aromatic ring is 1. The van der Waals surface area contributed by atoms with Gasteiger partial charge in [-0.25, -0.2) is 0 Å². The number of carbonyl (C=O) groups excluding carboxylic acids is 1. The Balaban J connectivity index is 2.41. The van der Waals surface area contributed by atoms with Crippen molar-refractivity contribution in [2.45, 2.75) is 6.42 Å². The van der Waals surface area contributed by atoms with Gasteiger partial charge in [0.05, 0.1) is 23.2 Å². The first kappa shape index (κ1) is 13.7. The van der Waals surface area contributed by atoms with E-state index in [2.05, 4.69) is 0 Å². The molecule has 0 saturated carbocycles. The van der Waals surface area contributed by atoms with Crippen molar-refractivity contribution in [3.05, 3.63) is 28.1 Å². The van der Waals surface area contributed by atoms with E-state index >= 15 is 0 Å². The number of anilines is 1. The zero-order valence-corrected chi connectivity index (χ0v) is 11.9. The maximum atomic E-state index is 12.3. The molecule has 0 atom stereocenters. The molecule has 1 heterocycles. The average Bonchev–Trinajstić information content (AvgIpc) is 2.73. The van der Waals surface area contributed by atoms with Gasteiger partial charge in [-0.2, -0.15) is 5.26 Å². The molecule has 0 radical (unpaired) electrons. The van der Waals surface area contributed by atoms with Gasteiger partial charge in [0.1, 0.15) is 4.88 Å². The minimum Gasteiger partial charge on any atom is -0.397 e. The van der Waals surface area contributed by atoms with Crippen LogP contribution in [0.3, 0.4) is 0 Å². The number of nitriles is 1. The molecule has 1 aromatic heterocycles. The molecule has 0 unspecified atom stereocenters. The van der Waals surface area contributed by atoms with Gasteiger partial charge in [0.2, 0.25) is 0 Å². The summed E-state index contributed by atoms with van der Waals surface area (Å²) in [5.74, 6) is -0.176. The zero-order chi connectivity index (χ0) is 14.0. The van der Waals surface area contributed by atoms with Gasteiger partial charge in [-0.15, -0.1) is 11.3 Å². The second-order valence-electron chi connectivity index (χ2n) is 4.09. The highest BCUT2D eigenvalue weighted by atomic mass is 35.5. The minimum absolute atomic E-state index is 0.176. The van der Waals surface area contributed by atoms with Gasteiger partial charge < -0.3 is 10.6 Å². The van der Waals surface area contributed by atoms with Crippen LogP contribution in [-0.2, 0) is 0 Å². The fraction of sp³-hybridized carbons (Fsp3) is 0.231. The number of halogens is 1. The molecule has 98 valence electrons. The molecule has 0 saturated heterocycles. The summed E-state index contributed by atoms with van der Waals surface area (Å²) >= 11 is 7.43. The van der Waals surface area contributed by atoms with E-state index in [0.29, 0.717) is 28.6 Å². The van der Waals surface area contributed by atoms with Crippen LogP contribution in [0.15, 0.2) is 18.2 Å². The number of nitrogens with two attached hydrogens (primary N) is 1. The number of thiophene rings is 1. The van der Waals surface area contributed by atoms with Gasteiger partial charge in [-0.3, -0.25) is 4.79 Å². The Morgan fingerprint density at radius 2 is 2.32 bits per heavy atom. The van der Waals surface area contributed by atoms with Crippen molar-refractivity contribution in [2.75, 3.05) is 19.3 Å². The van der Waals surface area contributed by atoms with Crippen molar-refractivity contribution < 1.29 is 4.79 Å². The van der Waals surface area contributed by atoms with Gasteiger partial charge in [0, 0.05) is 23.7 Å². The molecule has 0 aliphatic heterocycles. The lowest BCUT2D eigenvalue weighted by Crippen LogP contribution is -2.27. The highest BCUT2D eigenvalue weighted by Crippen LogP contribution is 2.38. The minimum atomic E-state index is -0.176. The lowest BCUT2D eigenvalue weighted by Gasteiger charge is -2.14. The number of hydrogen-bond acceptors (Lipinski definition) is 4. The molecule has 0 aliphatic rings. The largest absolute Gasteiger partial charge is 0.397 e. The Morgan fingerprint density at radius 3 is 2.95 bits per heavy atom. The Bertz CT molecular complexity index is 674. The van der Waals surface area contributed by atoms with E-state index < -0.39 is 0 Å². The van der Waals surface area contributed by atoms with Gasteiger partial charge in [0.15, 0.2) is 0 Å². The molecule has 0 bridgehead atoms. The summed E-state index contributed by atoms with van der Waals surface area (Å²) in [4.78, 5) is 14.2. The maximum absolute atomic E-state index is 12.3. The molecule has 2 rings (SSSR count). The summed E-state index contributed by atoms with van der Waals surface area (Å²) in [6.45, 7) is 0.386. The van der Waals surface area contributed by atoms with Crippen LogP contribution in [0.25, 0.3) is 10.1 Å². The third-order valence-electron chi connectivity index (χ3n) is 2.80. The van der Waals surface area contributed by atoms with Gasteiger partial charge in [0.25, 0.3) is 5.91 Å². The van der Waals surface area contributed by atoms with Crippen LogP contribution in [0.1, 0.15) is 16.1 Å². The fourth-order valence-corrected chi connectivity index (χ4v) is 3.26. The van der Waals surface area contributed by atoms with E-state index in [1.165, 1.54) is 16.2 Å². The van der Waals surface area contributed by atoms with E-state index in [0.717, 1.165) is 10.1 Å². The molecule has 4 nitrogen and oxygen atoms in total. The highest BCUT2D eigenvalue weighted by molar-refractivity contribution is 7.21. The second kappa shape index (κ2) is 5.47. The summed E-state index contributed by atoms with van der Waals surface area (Å²) < 4.78 is 0.891. The third kappa shape index (κ3) is 2.50. The number of rotatable bonds is 3. The first-order valence-corrected chi connectivity index (χ1v) is 6.84. The van der Waals surface area contributed by atoms with Crippen molar-refractivity contribution >= 4 is 44.6 Å². The summed E-state index contributed by atoms with van der Waals surface area (Å²) in [7, 11) is 1.66. The van der Waals surface area contributed by atoms with Gasteiger partial charge in [-0.1, -0.05) is 17.7 Å². The highest BCUT2D eigenvalue weighted by Gasteiger charge is 2.20. The molecule has 2 N–H and O–H groups in total. The third-order valence-corrected chi connectivity index (χ3v) is 4.28. The summed E-state index contributed by atoms with van der Waals surface area (Å²) in [5, 5.41) is 9.82. The topological polar surface area (TPSA) is 70.1 Å². The number of amides is 1. The molecule has 6 heteroatoms. The van der Waals surface area contributed by atoms with E-state index in [4.69, 9.17) is 22.6 Å². The van der Waals surface area contributed by atoms with E-state index in [1.807, 2.05) is 18.2 Å². The lowest BCUT2D eigenvalue weighted by atomic mass is 10.2. The molecule has 1 amide bonds. The summed E-state index contributed by atoms with van der Waals surface area (Å²) in [6, 6.07) is 7.47. The number of fused-ring (bicyclic) bond motifs is 1. The predicted molar refractivity (Wildman–Crippen MR) is 78.4 cm³/mol. The van der Waals surface area contributed by atoms with Gasteiger partial charge in [-0.05, 0) is 12.1 Å². The maximum Gasteiger partial charge on any atom is 0.265 e. The molecule has 0 spiro atoms. The van der Waals surface area contributed by atoms with E-state index in [-0.39, 0.29) is 5.91 Å². The van der Waals surface area contributed by atoms with E-state index in [9.17, 15) is 4.79 Å². The molecule has 0 aliphatic carbocycles.